The maximum absolute atomic E-state index is 6.60. The van der Waals surface area contributed by atoms with Crippen LogP contribution in [-0.2, 0) is 18.2 Å². The molecule has 0 N–H and O–H groups in total. The third kappa shape index (κ3) is 4.14. The molecule has 0 unspecified atom stereocenters. The van der Waals surface area contributed by atoms with Crippen LogP contribution in [0.1, 0.15) is 54.5 Å². The van der Waals surface area contributed by atoms with Gasteiger partial charge in [-0.2, -0.15) is 10.2 Å². The van der Waals surface area contributed by atoms with E-state index >= 15 is 0 Å². The first-order valence-electron chi connectivity index (χ1n) is 12.0. The van der Waals surface area contributed by atoms with E-state index in [-0.39, 0.29) is 0 Å². The summed E-state index contributed by atoms with van der Waals surface area (Å²) < 4.78 is 21.8. The van der Waals surface area contributed by atoms with Crippen molar-refractivity contribution in [1.82, 2.24) is 24.5 Å². The van der Waals surface area contributed by atoms with Crippen molar-refractivity contribution in [2.24, 2.45) is 7.05 Å². The van der Waals surface area contributed by atoms with Gasteiger partial charge in [-0.1, -0.05) is 0 Å². The minimum Gasteiger partial charge on any atom is -0.496 e. The Kier molecular flexibility index (Phi) is 5.45. The van der Waals surface area contributed by atoms with Crippen molar-refractivity contribution in [2.45, 2.75) is 44.1 Å². The van der Waals surface area contributed by atoms with E-state index < -0.39 is 0 Å². The molecule has 0 bridgehead atoms. The summed E-state index contributed by atoms with van der Waals surface area (Å²) in [5, 5.41) is 10.2. The number of benzene rings is 1. The standard InChI is InChI=1S/C26H29N5O3/c1-30-15-17(14-28-30)11-19-12-21-22(13-24(19)32-2)27-8-5-23(21)34-25-16-31(20-3-4-20)29-26(25)18-6-9-33-10-7-18/h5,8,12-16,18,20H,3-4,6-7,9-11H2,1-2H3. The van der Waals surface area contributed by atoms with E-state index in [0.29, 0.717) is 18.4 Å². The van der Waals surface area contributed by atoms with Gasteiger partial charge in [0.25, 0.3) is 0 Å². The fourth-order valence-electron chi connectivity index (χ4n) is 4.76. The number of hydrogen-bond donors (Lipinski definition) is 0. The minimum absolute atomic E-state index is 0.359. The summed E-state index contributed by atoms with van der Waals surface area (Å²) in [7, 11) is 3.62. The molecule has 6 rings (SSSR count). The second-order valence-electron chi connectivity index (χ2n) is 9.27. The van der Waals surface area contributed by atoms with Crippen molar-refractivity contribution in [2.75, 3.05) is 20.3 Å². The molecule has 1 saturated carbocycles. The highest BCUT2D eigenvalue weighted by Gasteiger charge is 2.30. The number of methoxy groups -OCH3 is 1. The third-order valence-electron chi connectivity index (χ3n) is 6.73. The summed E-state index contributed by atoms with van der Waals surface area (Å²) in [5.41, 5.74) is 4.08. The van der Waals surface area contributed by atoms with Gasteiger partial charge < -0.3 is 14.2 Å². The van der Waals surface area contributed by atoms with Gasteiger partial charge in [-0.3, -0.25) is 14.3 Å². The molecule has 1 aromatic carbocycles. The lowest BCUT2D eigenvalue weighted by molar-refractivity contribution is 0.0839. The van der Waals surface area contributed by atoms with E-state index in [2.05, 4.69) is 27.0 Å². The minimum atomic E-state index is 0.359. The van der Waals surface area contributed by atoms with E-state index in [1.165, 1.54) is 12.8 Å². The topological polar surface area (TPSA) is 76.2 Å². The highest BCUT2D eigenvalue weighted by atomic mass is 16.5. The van der Waals surface area contributed by atoms with Gasteiger partial charge >= 0.3 is 0 Å². The molecule has 2 aliphatic rings. The first-order chi connectivity index (χ1) is 16.7. The van der Waals surface area contributed by atoms with Crippen LogP contribution in [0.5, 0.6) is 17.2 Å². The van der Waals surface area contributed by atoms with Crippen LogP contribution in [0.4, 0.5) is 0 Å². The molecule has 4 aromatic rings. The molecule has 176 valence electrons. The monoisotopic (exact) mass is 459 g/mol. The quantitative estimate of drug-likeness (QED) is 0.396. The molecular weight excluding hydrogens is 430 g/mol. The zero-order chi connectivity index (χ0) is 23.1. The normalized spacial score (nSPS) is 16.8. The first kappa shape index (κ1) is 21.2. The van der Waals surface area contributed by atoms with Gasteiger partial charge in [-0.15, -0.1) is 0 Å². The molecule has 1 aliphatic carbocycles. The fourth-order valence-corrected chi connectivity index (χ4v) is 4.76. The molecule has 0 atom stereocenters. The average molecular weight is 460 g/mol. The molecule has 1 aliphatic heterocycles. The predicted octanol–water partition coefficient (Wildman–Crippen LogP) is 4.79. The third-order valence-corrected chi connectivity index (χ3v) is 6.73. The van der Waals surface area contributed by atoms with Crippen molar-refractivity contribution in [1.29, 1.82) is 0 Å². The number of aryl methyl sites for hydroxylation is 1. The number of fused-ring (bicyclic) bond motifs is 1. The fraction of sp³-hybridized carbons (Fsp3) is 0.423. The average Bonchev–Trinajstić information content (AvgIpc) is 3.51. The Morgan fingerprint density at radius 3 is 2.65 bits per heavy atom. The largest absolute Gasteiger partial charge is 0.496 e. The highest BCUT2D eigenvalue weighted by molar-refractivity contribution is 5.87. The summed E-state index contributed by atoms with van der Waals surface area (Å²) in [5.74, 6) is 2.79. The van der Waals surface area contributed by atoms with Crippen LogP contribution in [0.3, 0.4) is 0 Å². The Morgan fingerprint density at radius 1 is 1.06 bits per heavy atom. The van der Waals surface area contributed by atoms with Crippen LogP contribution >= 0.6 is 0 Å². The Labute approximate surface area is 198 Å². The van der Waals surface area contributed by atoms with Crippen molar-refractivity contribution < 1.29 is 14.2 Å². The van der Waals surface area contributed by atoms with Crippen LogP contribution < -0.4 is 9.47 Å². The van der Waals surface area contributed by atoms with E-state index in [0.717, 1.165) is 71.0 Å². The van der Waals surface area contributed by atoms with Crippen molar-refractivity contribution in [3.8, 4) is 17.2 Å². The SMILES string of the molecule is COc1cc2nccc(Oc3cn(C4CC4)nc3C3CCOCC3)c2cc1Cc1cnn(C)c1. The molecule has 2 fully saturated rings. The number of ether oxygens (including phenoxy) is 3. The van der Waals surface area contributed by atoms with Gasteiger partial charge in [0.2, 0.25) is 0 Å². The van der Waals surface area contributed by atoms with Crippen LogP contribution in [0.2, 0.25) is 0 Å². The summed E-state index contributed by atoms with van der Waals surface area (Å²) >= 11 is 0. The second-order valence-corrected chi connectivity index (χ2v) is 9.27. The van der Waals surface area contributed by atoms with Crippen LogP contribution in [0.25, 0.3) is 10.9 Å². The Balaban J connectivity index is 1.38. The summed E-state index contributed by atoms with van der Waals surface area (Å²) in [4.78, 5) is 4.59. The van der Waals surface area contributed by atoms with E-state index in [1.54, 1.807) is 13.3 Å². The molecule has 4 heterocycles. The van der Waals surface area contributed by atoms with Gasteiger partial charge in [0, 0.05) is 56.4 Å². The molecule has 1 saturated heterocycles. The second kappa shape index (κ2) is 8.76. The zero-order valence-electron chi connectivity index (χ0n) is 19.6. The highest BCUT2D eigenvalue weighted by Crippen LogP contribution is 2.42. The van der Waals surface area contributed by atoms with Gasteiger partial charge in [-0.25, -0.2) is 0 Å². The Bertz CT molecular complexity index is 1320. The lowest BCUT2D eigenvalue weighted by Gasteiger charge is -2.21. The maximum Gasteiger partial charge on any atom is 0.168 e. The molecule has 34 heavy (non-hydrogen) atoms. The molecule has 8 nitrogen and oxygen atoms in total. The lowest BCUT2D eigenvalue weighted by Crippen LogP contribution is -2.15. The predicted molar refractivity (Wildman–Crippen MR) is 128 cm³/mol. The smallest absolute Gasteiger partial charge is 0.168 e. The number of hydrogen-bond acceptors (Lipinski definition) is 6. The summed E-state index contributed by atoms with van der Waals surface area (Å²) in [6.07, 6.45) is 12.8. The van der Waals surface area contributed by atoms with Crippen LogP contribution in [-0.4, -0.2) is 44.9 Å². The number of nitrogens with zero attached hydrogens (tertiary/aromatic N) is 5. The van der Waals surface area contributed by atoms with E-state index in [9.17, 15) is 0 Å². The van der Waals surface area contributed by atoms with Crippen molar-refractivity contribution in [3.05, 3.63) is 59.8 Å². The molecule has 0 radical (unpaired) electrons. The molecule has 0 spiro atoms. The van der Waals surface area contributed by atoms with E-state index in [4.69, 9.17) is 19.3 Å². The summed E-state index contributed by atoms with van der Waals surface area (Å²) in [6, 6.07) is 6.55. The van der Waals surface area contributed by atoms with Gasteiger partial charge in [0.05, 0.1) is 31.1 Å². The van der Waals surface area contributed by atoms with Crippen molar-refractivity contribution in [3.63, 3.8) is 0 Å². The molecular formula is C26H29N5O3. The maximum atomic E-state index is 6.60. The Hall–Kier alpha value is -3.39. The van der Waals surface area contributed by atoms with Crippen molar-refractivity contribution >= 4 is 10.9 Å². The summed E-state index contributed by atoms with van der Waals surface area (Å²) in [6.45, 7) is 1.55. The van der Waals surface area contributed by atoms with Gasteiger partial charge in [0.15, 0.2) is 5.75 Å². The molecule has 0 amide bonds. The van der Waals surface area contributed by atoms with Gasteiger partial charge in [0.1, 0.15) is 17.2 Å². The van der Waals surface area contributed by atoms with Crippen LogP contribution in [0.15, 0.2) is 43.0 Å². The Morgan fingerprint density at radius 2 is 1.91 bits per heavy atom. The lowest BCUT2D eigenvalue weighted by atomic mass is 9.96. The molecule has 8 heteroatoms. The number of aromatic nitrogens is 5. The molecule has 3 aromatic heterocycles. The van der Waals surface area contributed by atoms with Crippen LogP contribution in [0, 0.1) is 0 Å². The first-order valence-corrected chi connectivity index (χ1v) is 12.0. The van der Waals surface area contributed by atoms with E-state index in [1.807, 2.05) is 36.3 Å². The zero-order valence-corrected chi connectivity index (χ0v) is 19.6. The van der Waals surface area contributed by atoms with Gasteiger partial charge in [-0.05, 0) is 48.9 Å². The number of rotatable bonds is 7. The number of pyridine rings is 1.